The molecule has 0 unspecified atom stereocenters. The summed E-state index contributed by atoms with van der Waals surface area (Å²) < 4.78 is 6.66. The number of rotatable bonds is 8. The first kappa shape index (κ1) is 30.9. The monoisotopic (exact) mass is 642 g/mol. The summed E-state index contributed by atoms with van der Waals surface area (Å²) in [6.07, 6.45) is 0.482. The van der Waals surface area contributed by atoms with Crippen molar-refractivity contribution >= 4 is 27.7 Å². The number of para-hydroxylation sites is 1. The normalized spacial score (nSPS) is 30.7. The molecular weight excluding hydrogens is 600 g/mol. The lowest BCUT2D eigenvalue weighted by Crippen LogP contribution is -2.62. The van der Waals surface area contributed by atoms with E-state index in [9.17, 15) is 14.7 Å². The molecule has 3 saturated carbocycles. The highest BCUT2D eigenvalue weighted by Gasteiger charge is 2.57. The Morgan fingerprint density at radius 3 is 2.62 bits per heavy atom. The van der Waals surface area contributed by atoms with E-state index in [0.29, 0.717) is 34.5 Å². The topological polar surface area (TPSA) is 126 Å². The molecule has 0 spiro atoms. The molecule has 2 aromatic carbocycles. The van der Waals surface area contributed by atoms with Gasteiger partial charge >= 0.3 is 0 Å². The zero-order valence-electron chi connectivity index (χ0n) is 25.2. The van der Waals surface area contributed by atoms with Gasteiger partial charge in [-0.25, -0.2) is 0 Å². The van der Waals surface area contributed by atoms with Gasteiger partial charge < -0.3 is 26.2 Å². The van der Waals surface area contributed by atoms with Gasteiger partial charge in [0.15, 0.2) is 0 Å². The molecule has 6 rings (SSSR count). The number of hydroxylamine groups is 2. The Kier molecular flexibility index (Phi) is 8.75. The van der Waals surface area contributed by atoms with Crippen molar-refractivity contribution in [3.8, 4) is 16.9 Å². The predicted octanol–water partition coefficient (Wildman–Crippen LogP) is 4.07. The molecule has 4 aliphatic rings. The molecule has 3 aliphatic carbocycles. The van der Waals surface area contributed by atoms with E-state index in [1.165, 1.54) is 6.42 Å². The number of benzene rings is 2. The summed E-state index contributed by atoms with van der Waals surface area (Å²) >= 11 is 3.52. The predicted molar refractivity (Wildman–Crippen MR) is 164 cm³/mol. The third-order valence-corrected chi connectivity index (χ3v) is 10.6. The zero-order chi connectivity index (χ0) is 30.5. The fourth-order valence-electron chi connectivity index (χ4n) is 7.62. The average molecular weight is 644 g/mol. The molecule has 2 aromatic rings. The van der Waals surface area contributed by atoms with Crippen LogP contribution in [0.15, 0.2) is 40.9 Å². The largest absolute Gasteiger partial charge is 0.496 e. The lowest BCUT2D eigenvalue weighted by atomic mass is 9.45. The van der Waals surface area contributed by atoms with Crippen LogP contribution in [0.5, 0.6) is 5.75 Å². The maximum Gasteiger partial charge on any atom is 0.251 e. The van der Waals surface area contributed by atoms with Crippen LogP contribution in [0, 0.1) is 29.1 Å². The lowest BCUT2D eigenvalue weighted by molar-refractivity contribution is -0.176. The van der Waals surface area contributed by atoms with Crippen molar-refractivity contribution in [3.05, 3.63) is 52.0 Å². The molecule has 42 heavy (non-hydrogen) atoms. The van der Waals surface area contributed by atoms with Crippen LogP contribution in [0.1, 0.15) is 56.5 Å². The molecule has 2 bridgehead atoms. The van der Waals surface area contributed by atoms with Crippen LogP contribution in [0.25, 0.3) is 11.1 Å². The number of ether oxygens (including phenoxy) is 1. The third kappa shape index (κ3) is 5.48. The Morgan fingerprint density at radius 1 is 1.26 bits per heavy atom. The third-order valence-electron chi connectivity index (χ3n) is 10.1. The quantitative estimate of drug-likeness (QED) is 0.342. The van der Waals surface area contributed by atoms with Crippen LogP contribution < -0.4 is 21.1 Å². The fourth-order valence-corrected chi connectivity index (χ4v) is 8.11. The molecule has 228 valence electrons. The second kappa shape index (κ2) is 11.9. The summed E-state index contributed by atoms with van der Waals surface area (Å²) in [4.78, 5) is 32.4. The number of aliphatic hydroxyl groups excluding tert-OH is 1. The molecule has 10 heteroatoms. The molecule has 0 aromatic heterocycles. The van der Waals surface area contributed by atoms with Crippen LogP contribution in [0.4, 0.5) is 0 Å². The number of halogens is 1. The average Bonchev–Trinajstić information content (AvgIpc) is 3.28. The van der Waals surface area contributed by atoms with E-state index in [1.807, 2.05) is 30.3 Å². The summed E-state index contributed by atoms with van der Waals surface area (Å²) in [5.74, 6) is 1.16. The molecule has 1 saturated heterocycles. The maximum atomic E-state index is 13.9. The number of hydrogen-bond donors (Lipinski definition) is 4. The molecule has 4 fully saturated rings. The number of carbonyl (C=O) groups excluding carboxylic acids is 2. The van der Waals surface area contributed by atoms with E-state index >= 15 is 0 Å². The minimum atomic E-state index is -0.852. The van der Waals surface area contributed by atoms with Crippen molar-refractivity contribution in [2.24, 2.45) is 34.8 Å². The van der Waals surface area contributed by atoms with Gasteiger partial charge in [-0.05, 0) is 66.7 Å². The molecule has 8 atom stereocenters. The Hall–Kier alpha value is -2.50. The maximum absolute atomic E-state index is 13.9. The highest BCUT2D eigenvalue weighted by molar-refractivity contribution is 9.10. The Morgan fingerprint density at radius 2 is 2.00 bits per heavy atom. The number of hydrogen-bond acceptors (Lipinski definition) is 7. The van der Waals surface area contributed by atoms with Crippen molar-refractivity contribution in [1.82, 2.24) is 15.7 Å². The van der Waals surface area contributed by atoms with Gasteiger partial charge in [0.05, 0.1) is 25.7 Å². The van der Waals surface area contributed by atoms with Gasteiger partial charge in [0.1, 0.15) is 18.0 Å². The van der Waals surface area contributed by atoms with Crippen LogP contribution >= 0.6 is 15.9 Å². The molecule has 2 amide bonds. The number of nitrogens with zero attached hydrogens (tertiary/aromatic N) is 1. The van der Waals surface area contributed by atoms with E-state index in [-0.39, 0.29) is 24.4 Å². The summed E-state index contributed by atoms with van der Waals surface area (Å²) in [6, 6.07) is 10.5. The van der Waals surface area contributed by atoms with E-state index < -0.39 is 24.3 Å². The van der Waals surface area contributed by atoms with Crippen molar-refractivity contribution in [1.29, 1.82) is 0 Å². The number of aliphatic hydroxyl groups is 1. The molecule has 1 heterocycles. The molecule has 9 nitrogen and oxygen atoms in total. The standard InChI is InChI=1S/C32H43BrN4O5/c1-16-24-13-21(32(24,3)4)14-25(16)36-31(40)27-26(17(2)38)29(34)42-37(27)15-18-8-7-9-23(28(18)41-6)19-10-20(30(39)35-5)12-22(33)11-19/h7-12,16-17,21,24-27,29,38H,13-15,34H2,1-6H3,(H,35,39)(H,36,40)/t16-,17-,21+,24-,25-,26+,27-,29+/m0/s1. The second-order valence-electron chi connectivity index (χ2n) is 12.8. The summed E-state index contributed by atoms with van der Waals surface area (Å²) in [5, 5.41) is 18.3. The molecule has 1 aliphatic heterocycles. The van der Waals surface area contributed by atoms with Crippen LogP contribution in [-0.2, 0) is 16.2 Å². The summed E-state index contributed by atoms with van der Waals surface area (Å²) in [6.45, 7) is 8.77. The Balaban J connectivity index is 1.43. The number of fused-ring (bicyclic) bond motifs is 2. The van der Waals surface area contributed by atoms with E-state index in [0.717, 1.165) is 27.6 Å². The Bertz CT molecular complexity index is 1350. The van der Waals surface area contributed by atoms with E-state index in [2.05, 4.69) is 47.3 Å². The molecule has 5 N–H and O–H groups in total. The van der Waals surface area contributed by atoms with Crippen LogP contribution in [0.3, 0.4) is 0 Å². The highest BCUT2D eigenvalue weighted by atomic mass is 79.9. The Labute approximate surface area is 256 Å². The van der Waals surface area contributed by atoms with E-state index in [4.69, 9.17) is 15.3 Å². The molecule has 0 radical (unpaired) electrons. The van der Waals surface area contributed by atoms with Gasteiger partial charge in [0.2, 0.25) is 5.91 Å². The zero-order valence-corrected chi connectivity index (χ0v) is 26.8. The van der Waals surface area contributed by atoms with Crippen LogP contribution in [0.2, 0.25) is 0 Å². The van der Waals surface area contributed by atoms with Gasteiger partial charge in [0.25, 0.3) is 5.91 Å². The first-order valence-corrected chi connectivity index (χ1v) is 15.5. The van der Waals surface area contributed by atoms with Crippen molar-refractivity contribution in [3.63, 3.8) is 0 Å². The number of nitrogens with one attached hydrogen (secondary N) is 2. The minimum Gasteiger partial charge on any atom is -0.496 e. The first-order chi connectivity index (χ1) is 19.9. The number of amides is 2. The highest BCUT2D eigenvalue weighted by Crippen LogP contribution is 2.61. The van der Waals surface area contributed by atoms with Gasteiger partial charge in [-0.15, -0.1) is 0 Å². The fraction of sp³-hybridized carbons (Fsp3) is 0.562. The summed E-state index contributed by atoms with van der Waals surface area (Å²) in [7, 11) is 3.19. The van der Waals surface area contributed by atoms with Gasteiger partial charge in [-0.1, -0.05) is 54.9 Å². The van der Waals surface area contributed by atoms with Gasteiger partial charge in [0, 0.05) is 34.3 Å². The SMILES string of the molecule is CNC(=O)c1cc(Br)cc(-c2cccc(CN3O[C@@H](N)[C@H]([C@H](C)O)[C@H]3C(=O)N[C@H]3C[C@H]4C[C@@H]([C@@H]3C)C4(C)C)c2OC)c1. The van der Waals surface area contributed by atoms with Crippen LogP contribution in [-0.4, -0.2) is 60.6 Å². The summed E-state index contributed by atoms with van der Waals surface area (Å²) in [5.41, 5.74) is 9.55. The minimum absolute atomic E-state index is 0.0755. The molecular formula is C32H43BrN4O5. The number of carbonyl (C=O) groups is 2. The lowest BCUT2D eigenvalue weighted by Gasteiger charge is -2.62. The second-order valence-corrected chi connectivity index (χ2v) is 13.7. The van der Waals surface area contributed by atoms with Crippen molar-refractivity contribution in [2.45, 2.75) is 71.5 Å². The van der Waals surface area contributed by atoms with Crippen molar-refractivity contribution in [2.75, 3.05) is 14.2 Å². The number of methoxy groups -OCH3 is 1. The van der Waals surface area contributed by atoms with E-state index in [1.54, 1.807) is 32.2 Å². The number of nitrogens with two attached hydrogens (primary N) is 1. The van der Waals surface area contributed by atoms with Crippen molar-refractivity contribution < 1.29 is 24.3 Å². The first-order valence-electron chi connectivity index (χ1n) is 14.7. The smallest absolute Gasteiger partial charge is 0.251 e. The van der Waals surface area contributed by atoms with Gasteiger partial charge in [-0.3, -0.25) is 14.4 Å². The van der Waals surface area contributed by atoms with Gasteiger partial charge in [-0.2, -0.15) is 5.06 Å².